The number of amides is 1. The quantitative estimate of drug-likeness (QED) is 0.516. The Morgan fingerprint density at radius 3 is 2.74 bits per heavy atom. The third kappa shape index (κ3) is 4.81. The number of aromatic nitrogens is 2. The number of nitrogens with zero attached hydrogens (tertiary/aromatic N) is 3. The number of fused-ring (bicyclic) bond motifs is 1. The van der Waals surface area contributed by atoms with Gasteiger partial charge in [-0.25, -0.2) is 13.4 Å². The van der Waals surface area contributed by atoms with Crippen molar-refractivity contribution in [1.82, 2.24) is 19.2 Å². The first-order valence-corrected chi connectivity index (χ1v) is 12.8. The number of sulfonamides is 1. The summed E-state index contributed by atoms with van der Waals surface area (Å²) in [6.45, 7) is 4.15. The Bertz CT molecular complexity index is 1150. The van der Waals surface area contributed by atoms with Crippen molar-refractivity contribution < 1.29 is 17.6 Å². The molecule has 0 aliphatic carbocycles. The minimum Gasteiger partial charge on any atom is -0.467 e. The molecule has 1 fully saturated rings. The maximum absolute atomic E-state index is 13.0. The van der Waals surface area contributed by atoms with Crippen molar-refractivity contribution in [2.45, 2.75) is 49.3 Å². The first kappa shape index (κ1) is 21.9. The zero-order valence-corrected chi connectivity index (χ0v) is 19.0. The molecule has 2 aromatic heterocycles. The molecule has 3 heterocycles. The lowest BCUT2D eigenvalue weighted by Crippen LogP contribution is -2.35. The Kier molecular flexibility index (Phi) is 6.68. The molecule has 4 rings (SSSR count). The number of aryl methyl sites for hydroxylation is 1. The second-order valence-electron chi connectivity index (χ2n) is 7.40. The van der Waals surface area contributed by atoms with Gasteiger partial charge in [0.2, 0.25) is 15.9 Å². The van der Waals surface area contributed by atoms with E-state index in [2.05, 4.69) is 10.3 Å². The molecule has 31 heavy (non-hydrogen) atoms. The van der Waals surface area contributed by atoms with Gasteiger partial charge in [-0.3, -0.25) is 4.79 Å². The molecular formula is C21H26N4O4S2. The van der Waals surface area contributed by atoms with E-state index in [1.165, 1.54) is 11.8 Å². The SMILES string of the molecule is CCn1c(SCC(=O)NCc2ccco2)nc2cc(S(=O)(=O)N3CCCCC3)ccc21. The molecule has 8 nitrogen and oxygen atoms in total. The number of imidazole rings is 1. The minimum absolute atomic E-state index is 0.121. The molecule has 0 unspecified atom stereocenters. The fourth-order valence-corrected chi connectivity index (χ4v) is 6.14. The molecule has 1 amide bonds. The number of hydrogen-bond acceptors (Lipinski definition) is 6. The number of benzene rings is 1. The molecule has 0 bridgehead atoms. The summed E-state index contributed by atoms with van der Waals surface area (Å²) in [5.74, 6) is 0.786. The number of carbonyl (C=O) groups is 1. The third-order valence-electron chi connectivity index (χ3n) is 5.33. The van der Waals surface area contributed by atoms with Crippen molar-refractivity contribution in [2.24, 2.45) is 0 Å². The standard InChI is InChI=1S/C21H26N4O4S2/c1-2-25-19-9-8-17(31(27,28)24-10-4-3-5-11-24)13-18(19)23-21(25)30-15-20(26)22-14-16-7-6-12-29-16/h6-9,12-13H,2-5,10-11,14-15H2,1H3,(H,22,26). The fourth-order valence-electron chi connectivity index (χ4n) is 3.70. The molecule has 0 saturated carbocycles. The van der Waals surface area contributed by atoms with Gasteiger partial charge < -0.3 is 14.3 Å². The predicted molar refractivity (Wildman–Crippen MR) is 119 cm³/mol. The summed E-state index contributed by atoms with van der Waals surface area (Å²) in [6, 6.07) is 8.69. The van der Waals surface area contributed by atoms with Gasteiger partial charge in [0.15, 0.2) is 5.16 Å². The van der Waals surface area contributed by atoms with Crippen LogP contribution in [0.5, 0.6) is 0 Å². The van der Waals surface area contributed by atoms with Crippen LogP contribution in [0.4, 0.5) is 0 Å². The Balaban J connectivity index is 1.49. The number of nitrogens with one attached hydrogen (secondary N) is 1. The van der Waals surface area contributed by atoms with Gasteiger partial charge in [-0.1, -0.05) is 18.2 Å². The highest BCUT2D eigenvalue weighted by molar-refractivity contribution is 7.99. The topological polar surface area (TPSA) is 97.4 Å². The maximum Gasteiger partial charge on any atom is 0.243 e. The highest BCUT2D eigenvalue weighted by Crippen LogP contribution is 2.28. The van der Waals surface area contributed by atoms with E-state index >= 15 is 0 Å². The van der Waals surface area contributed by atoms with Crippen LogP contribution in [0.15, 0.2) is 51.1 Å². The molecule has 0 atom stereocenters. The largest absolute Gasteiger partial charge is 0.467 e. The summed E-state index contributed by atoms with van der Waals surface area (Å²) < 4.78 is 34.8. The molecule has 1 saturated heterocycles. The smallest absolute Gasteiger partial charge is 0.243 e. The molecule has 0 spiro atoms. The molecule has 10 heteroatoms. The third-order valence-corrected chi connectivity index (χ3v) is 8.20. The van der Waals surface area contributed by atoms with E-state index < -0.39 is 10.0 Å². The van der Waals surface area contributed by atoms with Gasteiger partial charge in [0, 0.05) is 19.6 Å². The van der Waals surface area contributed by atoms with Crippen LogP contribution in [0.2, 0.25) is 0 Å². The first-order valence-electron chi connectivity index (χ1n) is 10.4. The van der Waals surface area contributed by atoms with Crippen molar-refractivity contribution in [2.75, 3.05) is 18.8 Å². The number of thioether (sulfide) groups is 1. The number of carbonyl (C=O) groups excluding carboxylic acids is 1. The average molecular weight is 463 g/mol. The summed E-state index contributed by atoms with van der Waals surface area (Å²) in [7, 11) is -3.51. The van der Waals surface area contributed by atoms with Crippen LogP contribution in [0.25, 0.3) is 11.0 Å². The average Bonchev–Trinajstić information content (AvgIpc) is 3.43. The molecule has 166 valence electrons. The zero-order valence-electron chi connectivity index (χ0n) is 17.4. The van der Waals surface area contributed by atoms with Gasteiger partial charge in [-0.2, -0.15) is 4.31 Å². The summed E-state index contributed by atoms with van der Waals surface area (Å²) in [4.78, 5) is 17.1. The molecule has 1 aliphatic heterocycles. The Hall–Kier alpha value is -2.30. The van der Waals surface area contributed by atoms with Gasteiger partial charge in [0.25, 0.3) is 0 Å². The Labute approximate surface area is 186 Å². The number of rotatable bonds is 8. The normalized spacial score (nSPS) is 15.4. The summed E-state index contributed by atoms with van der Waals surface area (Å²) in [5.41, 5.74) is 1.48. The maximum atomic E-state index is 13.0. The van der Waals surface area contributed by atoms with E-state index in [0.717, 1.165) is 24.8 Å². The highest BCUT2D eigenvalue weighted by atomic mass is 32.2. The minimum atomic E-state index is -3.51. The fraction of sp³-hybridized carbons (Fsp3) is 0.429. The van der Waals surface area contributed by atoms with Crippen molar-refractivity contribution >= 4 is 38.7 Å². The second kappa shape index (κ2) is 9.46. The molecule has 3 aromatic rings. The lowest BCUT2D eigenvalue weighted by molar-refractivity contribution is -0.118. The van der Waals surface area contributed by atoms with Gasteiger partial charge in [-0.15, -0.1) is 0 Å². The van der Waals surface area contributed by atoms with Crippen molar-refractivity contribution in [3.05, 3.63) is 42.4 Å². The Morgan fingerprint density at radius 2 is 2.03 bits per heavy atom. The van der Waals surface area contributed by atoms with E-state index in [0.29, 0.717) is 42.6 Å². The summed E-state index contributed by atoms with van der Waals surface area (Å²) in [5, 5.41) is 3.51. The monoisotopic (exact) mass is 462 g/mol. The van der Waals surface area contributed by atoms with Gasteiger partial charge >= 0.3 is 0 Å². The predicted octanol–water partition coefficient (Wildman–Crippen LogP) is 3.23. The van der Waals surface area contributed by atoms with Crippen LogP contribution in [-0.2, 0) is 27.9 Å². The van der Waals surface area contributed by atoms with E-state index in [9.17, 15) is 13.2 Å². The van der Waals surface area contributed by atoms with Gasteiger partial charge in [0.05, 0.1) is 34.5 Å². The van der Waals surface area contributed by atoms with E-state index in [1.54, 1.807) is 34.8 Å². The summed E-state index contributed by atoms with van der Waals surface area (Å²) >= 11 is 1.33. The molecule has 0 radical (unpaired) electrons. The molecule has 1 aromatic carbocycles. The van der Waals surface area contributed by atoms with Crippen LogP contribution < -0.4 is 5.32 Å². The molecule has 1 N–H and O–H groups in total. The van der Waals surface area contributed by atoms with Crippen molar-refractivity contribution in [3.8, 4) is 0 Å². The summed E-state index contributed by atoms with van der Waals surface area (Å²) in [6.07, 6.45) is 4.44. The van der Waals surface area contributed by atoms with E-state index in [4.69, 9.17) is 4.42 Å². The molecular weight excluding hydrogens is 436 g/mol. The lowest BCUT2D eigenvalue weighted by Gasteiger charge is -2.25. The molecule has 1 aliphatic rings. The number of piperidine rings is 1. The van der Waals surface area contributed by atoms with E-state index in [1.807, 2.05) is 17.6 Å². The van der Waals surface area contributed by atoms with Crippen molar-refractivity contribution in [1.29, 1.82) is 0 Å². The zero-order chi connectivity index (χ0) is 21.8. The van der Waals surface area contributed by atoms with Gasteiger partial charge in [-0.05, 0) is 50.1 Å². The highest BCUT2D eigenvalue weighted by Gasteiger charge is 2.26. The first-order chi connectivity index (χ1) is 15.0. The van der Waals surface area contributed by atoms with Gasteiger partial charge in [0.1, 0.15) is 5.76 Å². The van der Waals surface area contributed by atoms with Crippen LogP contribution >= 0.6 is 11.8 Å². The number of hydrogen-bond donors (Lipinski definition) is 1. The van der Waals surface area contributed by atoms with Crippen LogP contribution in [0.3, 0.4) is 0 Å². The van der Waals surface area contributed by atoms with Crippen LogP contribution in [-0.4, -0.2) is 47.0 Å². The van der Waals surface area contributed by atoms with Crippen LogP contribution in [0, 0.1) is 0 Å². The lowest BCUT2D eigenvalue weighted by atomic mass is 10.2. The number of furan rings is 1. The van der Waals surface area contributed by atoms with Crippen molar-refractivity contribution in [3.63, 3.8) is 0 Å². The van der Waals surface area contributed by atoms with E-state index in [-0.39, 0.29) is 16.6 Å². The van der Waals surface area contributed by atoms with Crippen LogP contribution in [0.1, 0.15) is 31.9 Å². The Morgan fingerprint density at radius 1 is 1.23 bits per heavy atom. The second-order valence-corrected chi connectivity index (χ2v) is 10.3.